The van der Waals surface area contributed by atoms with E-state index in [1.807, 2.05) is 24.7 Å². The second kappa shape index (κ2) is 10.5. The van der Waals surface area contributed by atoms with Crippen molar-refractivity contribution in [2.45, 2.75) is 29.6 Å². The van der Waals surface area contributed by atoms with Crippen molar-refractivity contribution in [3.63, 3.8) is 0 Å². The van der Waals surface area contributed by atoms with Gasteiger partial charge in [-0.15, -0.1) is 11.3 Å². The van der Waals surface area contributed by atoms with Gasteiger partial charge in [0.25, 0.3) is 0 Å². The molecule has 2 aromatic rings. The van der Waals surface area contributed by atoms with Crippen molar-refractivity contribution in [3.05, 3.63) is 41.7 Å². The molecule has 1 aliphatic rings. The Kier molecular flexibility index (Phi) is 7.77. The number of guanidine groups is 1. The average molecular weight is 408 g/mol. The van der Waals surface area contributed by atoms with E-state index >= 15 is 0 Å². The fourth-order valence-corrected chi connectivity index (χ4v) is 4.71. The van der Waals surface area contributed by atoms with Crippen LogP contribution in [0.5, 0.6) is 0 Å². The van der Waals surface area contributed by atoms with E-state index in [1.54, 1.807) is 35.2 Å². The van der Waals surface area contributed by atoms with Crippen molar-refractivity contribution in [2.24, 2.45) is 4.99 Å². The van der Waals surface area contributed by atoms with Gasteiger partial charge < -0.3 is 15.5 Å². The van der Waals surface area contributed by atoms with Gasteiger partial charge in [-0.3, -0.25) is 4.99 Å². The van der Waals surface area contributed by atoms with Gasteiger partial charge >= 0.3 is 0 Å². The summed E-state index contributed by atoms with van der Waals surface area (Å²) >= 11 is 3.48. The molecule has 3 rings (SSSR count). The van der Waals surface area contributed by atoms with Crippen molar-refractivity contribution < 1.29 is 4.39 Å². The van der Waals surface area contributed by atoms with Gasteiger partial charge in [0.15, 0.2) is 5.96 Å². The van der Waals surface area contributed by atoms with Crippen molar-refractivity contribution in [2.75, 3.05) is 37.3 Å². The van der Waals surface area contributed by atoms with E-state index in [9.17, 15) is 4.39 Å². The molecule has 0 atom stereocenters. The highest BCUT2D eigenvalue weighted by atomic mass is 32.2. The molecule has 1 saturated heterocycles. The summed E-state index contributed by atoms with van der Waals surface area (Å²) in [6, 6.07) is 7.24. The fourth-order valence-electron chi connectivity index (χ4n) is 3.06. The molecule has 0 aliphatic carbocycles. The number of hydrogen-bond acceptors (Lipinski definition) is 5. The number of nitrogens with one attached hydrogen (secondary N) is 2. The first-order chi connectivity index (χ1) is 13.2. The van der Waals surface area contributed by atoms with Crippen LogP contribution in [0.2, 0.25) is 0 Å². The SMILES string of the molecule is CN=C(NCCCSc1nccs1)NC1CCN(c2cccc(F)c2)CC1. The van der Waals surface area contributed by atoms with E-state index in [1.165, 1.54) is 6.07 Å². The number of aliphatic imine (C=N–C) groups is 1. The third kappa shape index (κ3) is 6.39. The molecule has 2 N–H and O–H groups in total. The van der Waals surface area contributed by atoms with Crippen LogP contribution in [0.1, 0.15) is 19.3 Å². The summed E-state index contributed by atoms with van der Waals surface area (Å²) < 4.78 is 14.5. The van der Waals surface area contributed by atoms with Gasteiger partial charge in [0.05, 0.1) is 0 Å². The highest BCUT2D eigenvalue weighted by molar-refractivity contribution is 8.00. The van der Waals surface area contributed by atoms with Crippen LogP contribution >= 0.6 is 23.1 Å². The van der Waals surface area contributed by atoms with Crippen molar-refractivity contribution in [3.8, 4) is 0 Å². The van der Waals surface area contributed by atoms with E-state index < -0.39 is 0 Å². The third-order valence-electron chi connectivity index (χ3n) is 4.48. The van der Waals surface area contributed by atoms with E-state index in [0.717, 1.165) is 60.6 Å². The number of rotatable bonds is 7. The van der Waals surface area contributed by atoms with Crippen LogP contribution in [0.4, 0.5) is 10.1 Å². The highest BCUT2D eigenvalue weighted by Gasteiger charge is 2.20. The molecule has 2 heterocycles. The summed E-state index contributed by atoms with van der Waals surface area (Å²) in [5.41, 5.74) is 0.966. The fraction of sp³-hybridized carbons (Fsp3) is 0.474. The first-order valence-corrected chi connectivity index (χ1v) is 11.1. The molecule has 8 heteroatoms. The van der Waals surface area contributed by atoms with E-state index in [4.69, 9.17) is 0 Å². The number of piperidine rings is 1. The summed E-state index contributed by atoms with van der Waals surface area (Å²) in [5, 5.41) is 8.91. The zero-order valence-corrected chi connectivity index (χ0v) is 17.2. The topological polar surface area (TPSA) is 52.6 Å². The largest absolute Gasteiger partial charge is 0.371 e. The van der Waals surface area contributed by atoms with E-state index in [0.29, 0.717) is 6.04 Å². The first kappa shape index (κ1) is 19.9. The number of thioether (sulfide) groups is 1. The maximum atomic E-state index is 13.4. The van der Waals surface area contributed by atoms with Gasteiger partial charge in [-0.05, 0) is 37.5 Å². The number of thiazole rings is 1. The quantitative estimate of drug-likeness (QED) is 0.318. The molecule has 0 unspecified atom stereocenters. The Bertz CT molecular complexity index is 715. The second-order valence-corrected chi connectivity index (χ2v) is 8.62. The molecule has 0 radical (unpaired) electrons. The number of halogens is 1. The lowest BCUT2D eigenvalue weighted by molar-refractivity contribution is 0.461. The minimum Gasteiger partial charge on any atom is -0.371 e. The van der Waals surface area contributed by atoms with E-state index in [2.05, 4.69) is 25.5 Å². The van der Waals surface area contributed by atoms with Gasteiger partial charge in [-0.25, -0.2) is 9.37 Å². The summed E-state index contributed by atoms with van der Waals surface area (Å²) in [4.78, 5) is 10.9. The molecule has 0 spiro atoms. The van der Waals surface area contributed by atoms with Gasteiger partial charge in [0.2, 0.25) is 0 Å². The molecule has 0 bridgehead atoms. The number of hydrogen-bond donors (Lipinski definition) is 2. The third-order valence-corrected chi connectivity index (χ3v) is 6.53. The molecule has 27 heavy (non-hydrogen) atoms. The lowest BCUT2D eigenvalue weighted by Crippen LogP contribution is -2.49. The predicted molar refractivity (Wildman–Crippen MR) is 114 cm³/mol. The molecule has 1 aliphatic heterocycles. The zero-order chi connectivity index (χ0) is 18.9. The van der Waals surface area contributed by atoms with E-state index in [-0.39, 0.29) is 5.82 Å². The molecule has 0 amide bonds. The molecular formula is C19H26FN5S2. The number of nitrogens with zero attached hydrogens (tertiary/aromatic N) is 3. The molecular weight excluding hydrogens is 381 g/mol. The summed E-state index contributed by atoms with van der Waals surface area (Å²) in [6.07, 6.45) is 4.92. The Labute approximate surface area is 168 Å². The van der Waals surface area contributed by atoms with Gasteiger partial charge in [0.1, 0.15) is 10.2 Å². The monoisotopic (exact) mass is 407 g/mol. The van der Waals surface area contributed by atoms with Crippen LogP contribution < -0.4 is 15.5 Å². The Balaban J connectivity index is 1.34. The normalized spacial score (nSPS) is 15.8. The molecule has 1 aromatic carbocycles. The molecule has 1 fully saturated rings. The molecule has 0 saturated carbocycles. The van der Waals surface area contributed by atoms with Gasteiger partial charge in [0, 0.05) is 55.7 Å². The van der Waals surface area contributed by atoms with Crippen LogP contribution in [0.15, 0.2) is 45.2 Å². The summed E-state index contributed by atoms with van der Waals surface area (Å²) in [5.74, 6) is 1.73. The van der Waals surface area contributed by atoms with Crippen LogP contribution in [0, 0.1) is 5.82 Å². The highest BCUT2D eigenvalue weighted by Crippen LogP contribution is 2.21. The maximum absolute atomic E-state index is 13.4. The van der Waals surface area contributed by atoms with Gasteiger partial charge in [-0.2, -0.15) is 0 Å². The maximum Gasteiger partial charge on any atom is 0.191 e. The van der Waals surface area contributed by atoms with Gasteiger partial charge in [-0.1, -0.05) is 17.8 Å². The van der Waals surface area contributed by atoms with Crippen molar-refractivity contribution in [1.82, 2.24) is 15.6 Å². The summed E-state index contributed by atoms with van der Waals surface area (Å²) in [6.45, 7) is 2.73. The first-order valence-electron chi connectivity index (χ1n) is 9.24. The second-order valence-electron chi connectivity index (χ2n) is 6.38. The Hall–Kier alpha value is -1.80. The summed E-state index contributed by atoms with van der Waals surface area (Å²) in [7, 11) is 1.81. The number of aromatic nitrogens is 1. The molecule has 5 nitrogen and oxygen atoms in total. The van der Waals surface area contributed by atoms with Crippen LogP contribution in [-0.2, 0) is 0 Å². The average Bonchev–Trinajstić information content (AvgIpc) is 3.21. The predicted octanol–water partition coefficient (Wildman–Crippen LogP) is 3.60. The molecule has 146 valence electrons. The van der Waals surface area contributed by atoms with Crippen molar-refractivity contribution in [1.29, 1.82) is 0 Å². The zero-order valence-electron chi connectivity index (χ0n) is 15.5. The Morgan fingerprint density at radius 1 is 1.41 bits per heavy atom. The standard InChI is InChI=1S/C19H26FN5S2/c1-21-18(22-8-3-12-26-19-23-9-13-27-19)24-16-6-10-25(11-7-16)17-5-2-4-15(20)14-17/h2,4-5,9,13-14,16H,3,6-8,10-12H2,1H3,(H2,21,22,24). The number of anilines is 1. The number of benzene rings is 1. The Morgan fingerprint density at radius 3 is 2.96 bits per heavy atom. The van der Waals surface area contributed by atoms with Crippen LogP contribution in [-0.4, -0.2) is 49.4 Å². The lowest BCUT2D eigenvalue weighted by atomic mass is 10.0. The van der Waals surface area contributed by atoms with Crippen LogP contribution in [0.3, 0.4) is 0 Å². The smallest absolute Gasteiger partial charge is 0.191 e. The van der Waals surface area contributed by atoms with Crippen LogP contribution in [0.25, 0.3) is 0 Å². The van der Waals surface area contributed by atoms with Crippen molar-refractivity contribution >= 4 is 34.7 Å². The minimum absolute atomic E-state index is 0.176. The Morgan fingerprint density at radius 2 is 2.26 bits per heavy atom. The minimum atomic E-state index is -0.176. The lowest BCUT2D eigenvalue weighted by Gasteiger charge is -2.34. The molecule has 1 aromatic heterocycles.